The van der Waals surface area contributed by atoms with Crippen LogP contribution in [0.5, 0.6) is 0 Å². The number of nitrogens with one attached hydrogen (secondary N) is 1. The molecule has 94 valence electrons. The van der Waals surface area contributed by atoms with Crippen molar-refractivity contribution in [2.75, 3.05) is 11.9 Å². The molecule has 5 heteroatoms. The SMILES string of the molecule is NCC(Cc1ccccc1)Nc1ncc(Cl)cn1. The Kier molecular flexibility index (Phi) is 4.50. The van der Waals surface area contributed by atoms with Crippen molar-refractivity contribution in [3.63, 3.8) is 0 Å². The van der Waals surface area contributed by atoms with Crippen LogP contribution < -0.4 is 11.1 Å². The van der Waals surface area contributed by atoms with E-state index in [1.54, 1.807) is 12.4 Å². The fourth-order valence-electron chi connectivity index (χ4n) is 1.66. The molecule has 1 aromatic heterocycles. The van der Waals surface area contributed by atoms with E-state index in [2.05, 4.69) is 27.4 Å². The predicted molar refractivity (Wildman–Crippen MR) is 73.7 cm³/mol. The van der Waals surface area contributed by atoms with Crippen molar-refractivity contribution in [1.82, 2.24) is 9.97 Å². The van der Waals surface area contributed by atoms with Crippen LogP contribution in [-0.4, -0.2) is 22.6 Å². The molecule has 0 amide bonds. The second-order valence-electron chi connectivity index (χ2n) is 3.99. The largest absolute Gasteiger partial charge is 0.350 e. The summed E-state index contributed by atoms with van der Waals surface area (Å²) in [6, 6.07) is 10.3. The van der Waals surface area contributed by atoms with Gasteiger partial charge in [0.05, 0.1) is 17.4 Å². The lowest BCUT2D eigenvalue weighted by Gasteiger charge is -2.16. The normalized spacial score (nSPS) is 12.1. The summed E-state index contributed by atoms with van der Waals surface area (Å²) < 4.78 is 0. The fraction of sp³-hybridized carbons (Fsp3) is 0.231. The minimum Gasteiger partial charge on any atom is -0.350 e. The topological polar surface area (TPSA) is 63.8 Å². The molecule has 1 unspecified atom stereocenters. The van der Waals surface area contributed by atoms with Gasteiger partial charge in [-0.3, -0.25) is 0 Å². The minimum atomic E-state index is 0.105. The van der Waals surface area contributed by atoms with Crippen molar-refractivity contribution in [2.45, 2.75) is 12.5 Å². The summed E-state index contributed by atoms with van der Waals surface area (Å²) in [4.78, 5) is 8.20. The molecule has 4 nitrogen and oxygen atoms in total. The standard InChI is InChI=1S/C13H15ClN4/c14-11-8-16-13(17-9-11)18-12(7-15)6-10-4-2-1-3-5-10/h1-5,8-9,12H,6-7,15H2,(H,16,17,18). The molecule has 0 saturated heterocycles. The quantitative estimate of drug-likeness (QED) is 0.866. The van der Waals surface area contributed by atoms with Crippen molar-refractivity contribution in [1.29, 1.82) is 0 Å². The van der Waals surface area contributed by atoms with E-state index < -0.39 is 0 Å². The second kappa shape index (κ2) is 6.33. The van der Waals surface area contributed by atoms with Gasteiger partial charge in [-0.15, -0.1) is 0 Å². The van der Waals surface area contributed by atoms with Gasteiger partial charge in [0.1, 0.15) is 0 Å². The van der Waals surface area contributed by atoms with Gasteiger partial charge >= 0.3 is 0 Å². The Balaban J connectivity index is 1.99. The van der Waals surface area contributed by atoms with Crippen LogP contribution in [-0.2, 0) is 6.42 Å². The van der Waals surface area contributed by atoms with Gasteiger partial charge in [0.25, 0.3) is 0 Å². The lowest BCUT2D eigenvalue weighted by Crippen LogP contribution is -2.31. The maximum absolute atomic E-state index is 5.75. The monoisotopic (exact) mass is 262 g/mol. The summed E-state index contributed by atoms with van der Waals surface area (Å²) in [6.45, 7) is 0.515. The Hall–Kier alpha value is -1.65. The van der Waals surface area contributed by atoms with Gasteiger partial charge in [-0.05, 0) is 12.0 Å². The minimum absolute atomic E-state index is 0.105. The van der Waals surface area contributed by atoms with E-state index in [0.717, 1.165) is 6.42 Å². The van der Waals surface area contributed by atoms with Crippen LogP contribution in [0.25, 0.3) is 0 Å². The number of nitrogens with two attached hydrogens (primary N) is 1. The first kappa shape index (κ1) is 12.8. The number of halogens is 1. The number of hydrogen-bond acceptors (Lipinski definition) is 4. The molecule has 1 atom stereocenters. The van der Waals surface area contributed by atoms with Gasteiger partial charge in [0.2, 0.25) is 5.95 Å². The fourth-order valence-corrected chi connectivity index (χ4v) is 1.76. The third-order valence-electron chi connectivity index (χ3n) is 2.56. The molecule has 0 bridgehead atoms. The summed E-state index contributed by atoms with van der Waals surface area (Å²) in [6.07, 6.45) is 3.96. The zero-order valence-electron chi connectivity index (χ0n) is 9.88. The van der Waals surface area contributed by atoms with E-state index in [4.69, 9.17) is 17.3 Å². The number of rotatable bonds is 5. The summed E-state index contributed by atoms with van der Waals surface area (Å²) in [5.74, 6) is 0.547. The molecule has 0 aliphatic heterocycles. The van der Waals surface area contributed by atoms with E-state index in [-0.39, 0.29) is 6.04 Å². The van der Waals surface area contributed by atoms with Crippen molar-refractivity contribution < 1.29 is 0 Å². The molecule has 0 spiro atoms. The summed E-state index contributed by atoms with van der Waals surface area (Å²) >= 11 is 5.73. The smallest absolute Gasteiger partial charge is 0.222 e. The van der Waals surface area contributed by atoms with E-state index in [9.17, 15) is 0 Å². The van der Waals surface area contributed by atoms with Crippen LogP contribution >= 0.6 is 11.6 Å². The predicted octanol–water partition coefficient (Wildman–Crippen LogP) is 2.11. The van der Waals surface area contributed by atoms with Crippen LogP contribution in [0.1, 0.15) is 5.56 Å². The lowest BCUT2D eigenvalue weighted by atomic mass is 10.1. The van der Waals surface area contributed by atoms with Gasteiger partial charge < -0.3 is 11.1 Å². The maximum Gasteiger partial charge on any atom is 0.222 e. The summed E-state index contributed by atoms with van der Waals surface area (Å²) in [5.41, 5.74) is 6.99. The van der Waals surface area contributed by atoms with Gasteiger partial charge in [-0.25, -0.2) is 9.97 Å². The van der Waals surface area contributed by atoms with Crippen LogP contribution in [0.4, 0.5) is 5.95 Å². The van der Waals surface area contributed by atoms with Crippen molar-refractivity contribution in [3.05, 3.63) is 53.3 Å². The van der Waals surface area contributed by atoms with Gasteiger partial charge in [-0.1, -0.05) is 41.9 Å². The lowest BCUT2D eigenvalue weighted by molar-refractivity contribution is 0.715. The maximum atomic E-state index is 5.75. The number of hydrogen-bond donors (Lipinski definition) is 2. The van der Waals surface area contributed by atoms with Gasteiger partial charge in [0.15, 0.2) is 0 Å². The molecule has 2 aromatic rings. The molecule has 1 heterocycles. The van der Waals surface area contributed by atoms with Gasteiger partial charge in [-0.2, -0.15) is 0 Å². The van der Waals surface area contributed by atoms with E-state index in [0.29, 0.717) is 17.5 Å². The van der Waals surface area contributed by atoms with Crippen LogP contribution in [0.3, 0.4) is 0 Å². The molecule has 18 heavy (non-hydrogen) atoms. The first-order chi connectivity index (χ1) is 8.78. The molecule has 0 aliphatic rings. The molecule has 3 N–H and O–H groups in total. The molecule has 0 aliphatic carbocycles. The Labute approximate surface area is 111 Å². The van der Waals surface area contributed by atoms with E-state index in [1.807, 2.05) is 18.2 Å². The van der Waals surface area contributed by atoms with E-state index >= 15 is 0 Å². The van der Waals surface area contributed by atoms with Crippen LogP contribution in [0.2, 0.25) is 5.02 Å². The van der Waals surface area contributed by atoms with Crippen molar-refractivity contribution >= 4 is 17.5 Å². The Morgan fingerprint density at radius 2 is 1.83 bits per heavy atom. The molecule has 0 saturated carbocycles. The molecular formula is C13H15ClN4. The highest BCUT2D eigenvalue weighted by Gasteiger charge is 2.08. The van der Waals surface area contributed by atoms with Crippen molar-refractivity contribution in [3.8, 4) is 0 Å². The molecule has 0 fully saturated rings. The molecule has 0 radical (unpaired) electrons. The van der Waals surface area contributed by atoms with Crippen molar-refractivity contribution in [2.24, 2.45) is 5.73 Å². The third kappa shape index (κ3) is 3.68. The summed E-state index contributed by atoms with van der Waals surface area (Å²) in [5, 5.41) is 3.72. The van der Waals surface area contributed by atoms with E-state index in [1.165, 1.54) is 5.56 Å². The van der Waals surface area contributed by atoms with Gasteiger partial charge in [0, 0.05) is 12.6 Å². The zero-order valence-corrected chi connectivity index (χ0v) is 10.6. The molecule has 2 rings (SSSR count). The Bertz CT molecular complexity index is 472. The highest BCUT2D eigenvalue weighted by atomic mass is 35.5. The number of benzene rings is 1. The Morgan fingerprint density at radius 3 is 2.44 bits per heavy atom. The highest BCUT2D eigenvalue weighted by molar-refractivity contribution is 6.30. The third-order valence-corrected chi connectivity index (χ3v) is 2.76. The average Bonchev–Trinajstić information content (AvgIpc) is 2.41. The highest BCUT2D eigenvalue weighted by Crippen LogP contribution is 2.09. The molecule has 1 aromatic carbocycles. The summed E-state index contributed by atoms with van der Waals surface area (Å²) in [7, 11) is 0. The van der Waals surface area contributed by atoms with Crippen LogP contribution in [0.15, 0.2) is 42.7 Å². The first-order valence-electron chi connectivity index (χ1n) is 5.76. The molecular weight excluding hydrogens is 248 g/mol. The number of nitrogens with zero attached hydrogens (tertiary/aromatic N) is 2. The first-order valence-corrected chi connectivity index (χ1v) is 6.14. The average molecular weight is 263 g/mol. The number of aromatic nitrogens is 2. The zero-order chi connectivity index (χ0) is 12.8. The Morgan fingerprint density at radius 1 is 1.17 bits per heavy atom. The second-order valence-corrected chi connectivity index (χ2v) is 4.43. The number of anilines is 1. The van der Waals surface area contributed by atoms with Crippen LogP contribution in [0, 0.1) is 0 Å².